The first-order valence-corrected chi connectivity index (χ1v) is 4.90. The normalized spacial score (nSPS) is 15.4. The monoisotopic (exact) mass is 191 g/mol. The third-order valence-electron chi connectivity index (χ3n) is 2.51. The molecule has 14 heavy (non-hydrogen) atoms. The Kier molecular flexibility index (Phi) is 2.19. The molecule has 0 radical (unpaired) electrons. The number of Topliss-reactive ketones (excluding diaryl/α,β-unsaturated/α-hetero) is 1. The van der Waals surface area contributed by atoms with Crippen molar-refractivity contribution in [2.75, 3.05) is 5.73 Å². The van der Waals surface area contributed by atoms with Gasteiger partial charge >= 0.3 is 0 Å². The van der Waals surface area contributed by atoms with Crippen LogP contribution >= 0.6 is 0 Å². The Morgan fingerprint density at radius 3 is 2.86 bits per heavy atom. The van der Waals surface area contributed by atoms with Gasteiger partial charge in [-0.3, -0.25) is 4.79 Å². The van der Waals surface area contributed by atoms with Gasteiger partial charge in [0.25, 0.3) is 0 Å². The van der Waals surface area contributed by atoms with Crippen molar-refractivity contribution >= 4 is 11.7 Å². The molecule has 0 unspecified atom stereocenters. The molecule has 0 spiro atoms. The molecule has 4 nitrogen and oxygen atoms in total. The quantitative estimate of drug-likeness (QED) is 0.722. The molecule has 1 aromatic rings. The van der Waals surface area contributed by atoms with Crippen molar-refractivity contribution in [2.45, 2.75) is 32.6 Å². The number of fused-ring (bicyclic) bond motifs is 1. The molecule has 74 valence electrons. The summed E-state index contributed by atoms with van der Waals surface area (Å²) >= 11 is 0. The highest BCUT2D eigenvalue weighted by Crippen LogP contribution is 2.22. The third kappa shape index (κ3) is 1.36. The molecular formula is C10H13N3O. The zero-order valence-corrected chi connectivity index (χ0v) is 8.21. The smallest absolute Gasteiger partial charge is 0.220 e. The number of hydrogen-bond acceptors (Lipinski definition) is 4. The SMILES string of the molecule is CCc1nc(N)nc2c1C(=O)CCC2. The molecular weight excluding hydrogens is 178 g/mol. The van der Waals surface area contributed by atoms with E-state index in [2.05, 4.69) is 9.97 Å². The second-order valence-corrected chi connectivity index (χ2v) is 3.48. The standard InChI is InChI=1S/C10H13N3O/c1-2-6-9-7(13-10(11)12-6)4-3-5-8(9)14/h2-5H2,1H3,(H2,11,12,13). The highest BCUT2D eigenvalue weighted by molar-refractivity contribution is 5.99. The minimum absolute atomic E-state index is 0.170. The molecule has 1 aromatic heterocycles. The van der Waals surface area contributed by atoms with E-state index < -0.39 is 0 Å². The molecule has 1 aliphatic rings. The van der Waals surface area contributed by atoms with Gasteiger partial charge in [-0.25, -0.2) is 9.97 Å². The van der Waals surface area contributed by atoms with Gasteiger partial charge in [0.2, 0.25) is 5.95 Å². The average Bonchev–Trinajstić information content (AvgIpc) is 2.16. The zero-order valence-electron chi connectivity index (χ0n) is 8.21. The Hall–Kier alpha value is -1.45. The number of aromatic nitrogens is 2. The van der Waals surface area contributed by atoms with E-state index in [1.807, 2.05) is 6.92 Å². The number of nitrogen functional groups attached to an aromatic ring is 1. The van der Waals surface area contributed by atoms with Gasteiger partial charge in [-0.2, -0.15) is 0 Å². The minimum Gasteiger partial charge on any atom is -0.368 e. The number of rotatable bonds is 1. The number of carbonyl (C=O) groups excluding carboxylic acids is 1. The van der Waals surface area contributed by atoms with Crippen molar-refractivity contribution < 1.29 is 4.79 Å². The molecule has 0 fully saturated rings. The van der Waals surface area contributed by atoms with E-state index in [9.17, 15) is 4.79 Å². The minimum atomic E-state index is 0.170. The number of nitrogens with zero attached hydrogens (tertiary/aromatic N) is 2. The molecule has 1 heterocycles. The summed E-state index contributed by atoms with van der Waals surface area (Å²) in [4.78, 5) is 19.9. The Morgan fingerprint density at radius 2 is 2.14 bits per heavy atom. The topological polar surface area (TPSA) is 68.9 Å². The molecule has 0 aromatic carbocycles. The molecule has 2 rings (SSSR count). The first kappa shape index (κ1) is 9.12. The van der Waals surface area contributed by atoms with Crippen molar-refractivity contribution in [1.82, 2.24) is 9.97 Å². The highest BCUT2D eigenvalue weighted by Gasteiger charge is 2.22. The van der Waals surface area contributed by atoms with Gasteiger partial charge < -0.3 is 5.73 Å². The Labute approximate surface area is 82.6 Å². The van der Waals surface area contributed by atoms with Crippen molar-refractivity contribution in [3.05, 3.63) is 17.0 Å². The third-order valence-corrected chi connectivity index (χ3v) is 2.51. The molecule has 0 amide bonds. The summed E-state index contributed by atoms with van der Waals surface area (Å²) in [6, 6.07) is 0. The first-order chi connectivity index (χ1) is 6.72. The van der Waals surface area contributed by atoms with Crippen LogP contribution < -0.4 is 5.73 Å². The number of anilines is 1. The van der Waals surface area contributed by atoms with Crippen molar-refractivity contribution in [1.29, 1.82) is 0 Å². The van der Waals surface area contributed by atoms with Crippen LogP contribution in [0.2, 0.25) is 0 Å². The predicted octanol–water partition coefficient (Wildman–Crippen LogP) is 1.14. The summed E-state index contributed by atoms with van der Waals surface area (Å²) in [5.74, 6) is 0.457. The number of nitrogens with two attached hydrogens (primary N) is 1. The van der Waals surface area contributed by atoms with Crippen molar-refractivity contribution in [3.8, 4) is 0 Å². The van der Waals surface area contributed by atoms with Gasteiger partial charge in [-0.15, -0.1) is 0 Å². The maximum absolute atomic E-state index is 11.7. The number of ketones is 1. The number of carbonyl (C=O) groups is 1. The molecule has 0 aliphatic heterocycles. The molecule has 0 saturated heterocycles. The second kappa shape index (κ2) is 3.36. The fourth-order valence-electron chi connectivity index (χ4n) is 1.88. The van der Waals surface area contributed by atoms with Gasteiger partial charge in [-0.05, 0) is 19.3 Å². The first-order valence-electron chi connectivity index (χ1n) is 4.90. The van der Waals surface area contributed by atoms with Crippen molar-refractivity contribution in [2.24, 2.45) is 0 Å². The van der Waals surface area contributed by atoms with E-state index in [1.165, 1.54) is 0 Å². The zero-order chi connectivity index (χ0) is 10.1. The molecule has 4 heteroatoms. The van der Waals surface area contributed by atoms with Crippen LogP contribution in [0.4, 0.5) is 5.95 Å². The lowest BCUT2D eigenvalue weighted by atomic mass is 9.93. The van der Waals surface area contributed by atoms with Crippen LogP contribution in [0.25, 0.3) is 0 Å². The van der Waals surface area contributed by atoms with Crippen LogP contribution in [0.1, 0.15) is 41.5 Å². The lowest BCUT2D eigenvalue weighted by Gasteiger charge is -2.16. The van der Waals surface area contributed by atoms with Gasteiger partial charge in [-0.1, -0.05) is 6.92 Å². The Balaban J connectivity index is 2.61. The lowest BCUT2D eigenvalue weighted by molar-refractivity contribution is 0.0970. The van der Waals surface area contributed by atoms with Crippen LogP contribution in [-0.2, 0) is 12.8 Å². The van der Waals surface area contributed by atoms with Gasteiger partial charge in [0.1, 0.15) is 0 Å². The average molecular weight is 191 g/mol. The summed E-state index contributed by atoms with van der Waals surface area (Å²) in [6.45, 7) is 1.98. The fourth-order valence-corrected chi connectivity index (χ4v) is 1.88. The molecule has 2 N–H and O–H groups in total. The second-order valence-electron chi connectivity index (χ2n) is 3.48. The van der Waals surface area contributed by atoms with E-state index in [0.717, 1.165) is 36.2 Å². The van der Waals surface area contributed by atoms with Crippen LogP contribution in [0.15, 0.2) is 0 Å². The fraction of sp³-hybridized carbons (Fsp3) is 0.500. The van der Waals surface area contributed by atoms with Crippen LogP contribution in [-0.4, -0.2) is 15.8 Å². The summed E-state index contributed by atoms with van der Waals surface area (Å²) in [5, 5.41) is 0. The van der Waals surface area contributed by atoms with E-state index in [-0.39, 0.29) is 11.7 Å². The van der Waals surface area contributed by atoms with Crippen LogP contribution in [0.5, 0.6) is 0 Å². The maximum atomic E-state index is 11.7. The van der Waals surface area contributed by atoms with Crippen LogP contribution in [0, 0.1) is 0 Å². The summed E-state index contributed by atoms with van der Waals surface area (Å²) < 4.78 is 0. The van der Waals surface area contributed by atoms with E-state index in [1.54, 1.807) is 0 Å². The van der Waals surface area contributed by atoms with E-state index in [4.69, 9.17) is 5.73 Å². The van der Waals surface area contributed by atoms with E-state index >= 15 is 0 Å². The summed E-state index contributed by atoms with van der Waals surface area (Å²) in [6.07, 6.45) is 3.08. The van der Waals surface area contributed by atoms with Gasteiger partial charge in [0.05, 0.1) is 17.0 Å². The number of hydrogen-bond donors (Lipinski definition) is 1. The summed E-state index contributed by atoms with van der Waals surface area (Å²) in [5.41, 5.74) is 7.94. The van der Waals surface area contributed by atoms with Crippen molar-refractivity contribution in [3.63, 3.8) is 0 Å². The number of aryl methyl sites for hydroxylation is 2. The highest BCUT2D eigenvalue weighted by atomic mass is 16.1. The molecule has 0 atom stereocenters. The maximum Gasteiger partial charge on any atom is 0.220 e. The molecule has 1 aliphatic carbocycles. The predicted molar refractivity (Wildman–Crippen MR) is 53.1 cm³/mol. The lowest BCUT2D eigenvalue weighted by Crippen LogP contribution is -2.18. The largest absolute Gasteiger partial charge is 0.368 e. The van der Waals surface area contributed by atoms with Gasteiger partial charge in [0, 0.05) is 6.42 Å². The van der Waals surface area contributed by atoms with Gasteiger partial charge in [0.15, 0.2) is 5.78 Å². The Morgan fingerprint density at radius 1 is 1.36 bits per heavy atom. The summed E-state index contributed by atoms with van der Waals surface area (Å²) in [7, 11) is 0. The van der Waals surface area contributed by atoms with Crippen LogP contribution in [0.3, 0.4) is 0 Å². The molecule has 0 saturated carbocycles. The molecule has 0 bridgehead atoms. The van der Waals surface area contributed by atoms with E-state index in [0.29, 0.717) is 6.42 Å². The Bertz CT molecular complexity index is 370.